The van der Waals surface area contributed by atoms with E-state index in [1.807, 2.05) is 31.6 Å². The van der Waals surface area contributed by atoms with Crippen LogP contribution in [0.5, 0.6) is 0 Å². The Hall–Kier alpha value is -1.69. The SMILES string of the molecule is CC1(CNC(=O)OC(C)(C)C)CCN(c2cnc3c(I)nn(C4CCCCO4)c3n2)CC1. The van der Waals surface area contributed by atoms with E-state index in [9.17, 15) is 4.79 Å². The molecule has 1 amide bonds. The minimum Gasteiger partial charge on any atom is -0.444 e. The van der Waals surface area contributed by atoms with E-state index in [4.69, 9.17) is 14.5 Å². The van der Waals surface area contributed by atoms with Crippen molar-refractivity contribution in [2.75, 3.05) is 31.1 Å². The molecule has 2 fully saturated rings. The van der Waals surface area contributed by atoms with Crippen LogP contribution in [0.2, 0.25) is 0 Å². The van der Waals surface area contributed by atoms with Gasteiger partial charge in [-0.2, -0.15) is 5.10 Å². The maximum Gasteiger partial charge on any atom is 0.407 e. The minimum atomic E-state index is -0.487. The van der Waals surface area contributed by atoms with Crippen molar-refractivity contribution in [1.29, 1.82) is 0 Å². The molecule has 0 aliphatic carbocycles. The number of hydrogen-bond acceptors (Lipinski definition) is 7. The molecular weight excluding hydrogens is 523 g/mol. The number of piperidine rings is 1. The first-order valence-corrected chi connectivity index (χ1v) is 12.5. The van der Waals surface area contributed by atoms with Gasteiger partial charge in [-0.15, -0.1) is 0 Å². The predicted molar refractivity (Wildman–Crippen MR) is 131 cm³/mol. The number of carbonyl (C=O) groups excluding carboxylic acids is 1. The van der Waals surface area contributed by atoms with Gasteiger partial charge in [0, 0.05) is 26.2 Å². The number of carbonyl (C=O) groups is 1. The molecule has 0 saturated carbocycles. The summed E-state index contributed by atoms with van der Waals surface area (Å²) < 4.78 is 14.1. The lowest BCUT2D eigenvalue weighted by Crippen LogP contribution is -2.46. The molecule has 2 saturated heterocycles. The average Bonchev–Trinajstić information content (AvgIpc) is 3.08. The average molecular weight is 556 g/mol. The zero-order valence-corrected chi connectivity index (χ0v) is 21.5. The number of hydrogen-bond donors (Lipinski definition) is 1. The summed E-state index contributed by atoms with van der Waals surface area (Å²) in [5, 5.41) is 7.61. The zero-order chi connectivity index (χ0) is 22.9. The number of fused-ring (bicyclic) bond motifs is 1. The highest BCUT2D eigenvalue weighted by Gasteiger charge is 2.32. The van der Waals surface area contributed by atoms with Gasteiger partial charge in [-0.05, 0) is 80.9 Å². The van der Waals surface area contributed by atoms with Crippen molar-refractivity contribution >= 4 is 45.7 Å². The van der Waals surface area contributed by atoms with Crippen LogP contribution in [0.15, 0.2) is 6.20 Å². The van der Waals surface area contributed by atoms with E-state index >= 15 is 0 Å². The van der Waals surface area contributed by atoms with E-state index < -0.39 is 5.60 Å². The van der Waals surface area contributed by atoms with E-state index in [0.717, 1.165) is 72.5 Å². The highest BCUT2D eigenvalue weighted by molar-refractivity contribution is 14.1. The number of alkyl carbamates (subject to hydrolysis) is 1. The molecule has 0 radical (unpaired) electrons. The number of halogens is 1. The first-order valence-electron chi connectivity index (χ1n) is 11.4. The molecule has 4 heterocycles. The summed E-state index contributed by atoms with van der Waals surface area (Å²) in [7, 11) is 0. The van der Waals surface area contributed by atoms with Gasteiger partial charge in [0.25, 0.3) is 0 Å². The van der Waals surface area contributed by atoms with Crippen LogP contribution in [0.3, 0.4) is 0 Å². The Bertz CT molecular complexity index is 958. The molecule has 0 spiro atoms. The molecule has 1 unspecified atom stereocenters. The summed E-state index contributed by atoms with van der Waals surface area (Å²) >= 11 is 2.22. The van der Waals surface area contributed by atoms with Gasteiger partial charge in [0.15, 0.2) is 15.6 Å². The van der Waals surface area contributed by atoms with Crippen molar-refractivity contribution in [3.05, 3.63) is 9.90 Å². The molecule has 0 bridgehead atoms. The second kappa shape index (κ2) is 9.28. The molecule has 1 N–H and O–H groups in total. The second-order valence-corrected chi connectivity index (χ2v) is 11.1. The number of aromatic nitrogens is 4. The van der Waals surface area contributed by atoms with Crippen LogP contribution in [-0.4, -0.2) is 57.7 Å². The van der Waals surface area contributed by atoms with Crippen LogP contribution >= 0.6 is 22.6 Å². The summed E-state index contributed by atoms with van der Waals surface area (Å²) in [5.41, 5.74) is 1.15. The quantitative estimate of drug-likeness (QED) is 0.563. The van der Waals surface area contributed by atoms with E-state index in [1.165, 1.54) is 0 Å². The molecule has 2 aliphatic heterocycles. The van der Waals surface area contributed by atoms with Gasteiger partial charge in [-0.1, -0.05) is 6.92 Å². The van der Waals surface area contributed by atoms with Crippen LogP contribution in [0, 0.1) is 9.12 Å². The van der Waals surface area contributed by atoms with E-state index in [1.54, 1.807) is 0 Å². The van der Waals surface area contributed by atoms with Gasteiger partial charge in [-0.25, -0.2) is 19.4 Å². The summed E-state index contributed by atoms with van der Waals surface area (Å²) in [5.74, 6) is 0.869. The Balaban J connectivity index is 1.42. The standard InChI is InChI=1S/C22H33IN6O3/c1-21(2,3)32-20(30)25-14-22(4)8-10-28(11-9-22)15-13-24-17-18(23)27-29(19(17)26-15)16-7-5-6-12-31-16/h13,16H,5-12,14H2,1-4H3,(H,25,30). The molecule has 4 rings (SSSR count). The predicted octanol–water partition coefficient (Wildman–Crippen LogP) is 4.26. The molecule has 10 heteroatoms. The van der Waals surface area contributed by atoms with Crippen LogP contribution in [0.1, 0.15) is 66.0 Å². The number of nitrogens with one attached hydrogen (secondary N) is 1. The fourth-order valence-corrected chi connectivity index (χ4v) is 4.80. The van der Waals surface area contributed by atoms with Crippen LogP contribution in [0.4, 0.5) is 10.6 Å². The van der Waals surface area contributed by atoms with Gasteiger partial charge in [0.1, 0.15) is 16.9 Å². The van der Waals surface area contributed by atoms with Gasteiger partial charge >= 0.3 is 6.09 Å². The third-order valence-electron chi connectivity index (χ3n) is 6.13. The molecule has 32 heavy (non-hydrogen) atoms. The Kier molecular flexibility index (Phi) is 6.81. The first-order chi connectivity index (χ1) is 15.1. The molecule has 2 aliphatic rings. The maximum atomic E-state index is 12.0. The van der Waals surface area contributed by atoms with Crippen molar-refractivity contribution in [2.45, 2.75) is 71.6 Å². The van der Waals surface area contributed by atoms with Crippen molar-refractivity contribution in [3.8, 4) is 0 Å². The number of ether oxygens (including phenoxy) is 2. The van der Waals surface area contributed by atoms with Gasteiger partial charge in [0.2, 0.25) is 0 Å². The number of rotatable bonds is 4. The van der Waals surface area contributed by atoms with Crippen LogP contribution in [-0.2, 0) is 9.47 Å². The number of amides is 1. The van der Waals surface area contributed by atoms with Crippen LogP contribution < -0.4 is 10.2 Å². The second-order valence-electron chi connectivity index (χ2n) is 10.1. The van der Waals surface area contributed by atoms with Crippen molar-refractivity contribution in [1.82, 2.24) is 25.1 Å². The highest BCUT2D eigenvalue weighted by atomic mass is 127. The smallest absolute Gasteiger partial charge is 0.407 e. The van der Waals surface area contributed by atoms with Gasteiger partial charge in [0.05, 0.1) is 6.20 Å². The normalized spacial score (nSPS) is 21.5. The first kappa shape index (κ1) is 23.5. The third kappa shape index (κ3) is 5.44. The van der Waals surface area contributed by atoms with Crippen molar-refractivity contribution < 1.29 is 14.3 Å². The topological polar surface area (TPSA) is 94.4 Å². The monoisotopic (exact) mass is 556 g/mol. The van der Waals surface area contributed by atoms with E-state index in [-0.39, 0.29) is 17.7 Å². The zero-order valence-electron chi connectivity index (χ0n) is 19.4. The summed E-state index contributed by atoms with van der Waals surface area (Å²) in [4.78, 5) is 23.9. The Morgan fingerprint density at radius 1 is 1.34 bits per heavy atom. The lowest BCUT2D eigenvalue weighted by atomic mass is 9.80. The van der Waals surface area contributed by atoms with Crippen LogP contribution in [0.25, 0.3) is 11.2 Å². The summed E-state index contributed by atoms with van der Waals surface area (Å²) in [6, 6.07) is 0. The highest BCUT2D eigenvalue weighted by Crippen LogP contribution is 2.33. The Morgan fingerprint density at radius 3 is 2.75 bits per heavy atom. The lowest BCUT2D eigenvalue weighted by Gasteiger charge is -2.40. The van der Waals surface area contributed by atoms with E-state index in [0.29, 0.717) is 6.54 Å². The maximum absolute atomic E-state index is 12.0. The minimum absolute atomic E-state index is 0.0258. The molecule has 0 aromatic carbocycles. The Labute approximate surface area is 202 Å². The number of nitrogens with zero attached hydrogens (tertiary/aromatic N) is 5. The molecular formula is C22H33IN6O3. The Morgan fingerprint density at radius 2 is 2.09 bits per heavy atom. The van der Waals surface area contributed by atoms with Gasteiger partial charge in [-0.3, -0.25) is 0 Å². The molecule has 9 nitrogen and oxygen atoms in total. The van der Waals surface area contributed by atoms with Crippen molar-refractivity contribution in [2.24, 2.45) is 5.41 Å². The van der Waals surface area contributed by atoms with Gasteiger partial charge < -0.3 is 19.7 Å². The third-order valence-corrected chi connectivity index (χ3v) is 6.86. The summed E-state index contributed by atoms with van der Waals surface area (Å²) in [6.45, 7) is 10.9. The molecule has 2 aromatic heterocycles. The molecule has 176 valence electrons. The molecule has 1 atom stereocenters. The molecule has 2 aromatic rings. The number of anilines is 1. The lowest BCUT2D eigenvalue weighted by molar-refractivity contribution is -0.0372. The largest absolute Gasteiger partial charge is 0.444 e. The van der Waals surface area contributed by atoms with E-state index in [2.05, 4.69) is 49.8 Å². The fraction of sp³-hybridized carbons (Fsp3) is 0.727. The summed E-state index contributed by atoms with van der Waals surface area (Å²) in [6.07, 6.45) is 6.51. The van der Waals surface area contributed by atoms with Crippen molar-refractivity contribution in [3.63, 3.8) is 0 Å². The fourth-order valence-electron chi connectivity index (χ4n) is 4.19.